The smallest absolute Gasteiger partial charge is 0.277 e. The molecule has 0 bridgehead atoms. The summed E-state index contributed by atoms with van der Waals surface area (Å²) in [6.45, 7) is 0. The molecule has 4 aromatic rings. The van der Waals surface area contributed by atoms with E-state index in [0.29, 0.717) is 22.4 Å². The Kier molecular flexibility index (Phi) is 4.50. The van der Waals surface area contributed by atoms with Crippen LogP contribution in [0, 0.1) is 10.1 Å². The maximum absolute atomic E-state index is 10.9. The number of rotatable bonds is 6. The van der Waals surface area contributed by atoms with Crippen LogP contribution in [0.15, 0.2) is 62.1 Å². The molecule has 0 saturated heterocycles. The molecule has 3 aromatic heterocycles. The number of thioether (sulfide) groups is 1. The van der Waals surface area contributed by atoms with Crippen molar-refractivity contribution in [3.63, 3.8) is 0 Å². The molecule has 3 heterocycles. The zero-order valence-corrected chi connectivity index (χ0v) is 14.7. The number of nitro benzene ring substituents is 1. The molecule has 0 aliphatic rings. The zero-order valence-electron chi connectivity index (χ0n) is 13.1. The van der Waals surface area contributed by atoms with Crippen LogP contribution in [0.2, 0.25) is 0 Å². The SMILES string of the molecule is O=[N+]([O-])c1cccc(-c2nnc(SCc3coc(-c4cccs4)n3)o2)c1. The number of hydrogen-bond acceptors (Lipinski definition) is 9. The van der Waals surface area contributed by atoms with Crippen molar-refractivity contribution in [2.24, 2.45) is 0 Å². The summed E-state index contributed by atoms with van der Waals surface area (Å²) in [5.74, 6) is 1.32. The number of aromatic nitrogens is 3. The van der Waals surface area contributed by atoms with E-state index in [1.165, 1.54) is 23.9 Å². The van der Waals surface area contributed by atoms with E-state index in [2.05, 4.69) is 15.2 Å². The molecule has 0 saturated carbocycles. The Morgan fingerprint density at radius 1 is 1.19 bits per heavy atom. The molecule has 1 aromatic carbocycles. The van der Waals surface area contributed by atoms with Gasteiger partial charge in [-0.05, 0) is 17.5 Å². The van der Waals surface area contributed by atoms with Gasteiger partial charge in [-0.15, -0.1) is 21.5 Å². The van der Waals surface area contributed by atoms with Crippen molar-refractivity contribution in [2.45, 2.75) is 11.0 Å². The largest absolute Gasteiger partial charge is 0.444 e. The van der Waals surface area contributed by atoms with E-state index in [1.807, 2.05) is 17.5 Å². The molecule has 10 heteroatoms. The molecule has 0 spiro atoms. The summed E-state index contributed by atoms with van der Waals surface area (Å²) < 4.78 is 11.0. The number of thiophene rings is 1. The van der Waals surface area contributed by atoms with Gasteiger partial charge < -0.3 is 8.83 Å². The Bertz CT molecular complexity index is 1040. The van der Waals surface area contributed by atoms with Crippen LogP contribution in [0.4, 0.5) is 5.69 Å². The predicted octanol–water partition coefficient (Wildman–Crippen LogP) is 4.65. The third-order valence-corrected chi connectivity index (χ3v) is 5.05. The summed E-state index contributed by atoms with van der Waals surface area (Å²) in [6, 6.07) is 9.94. The van der Waals surface area contributed by atoms with E-state index in [1.54, 1.807) is 29.7 Å². The van der Waals surface area contributed by atoms with E-state index >= 15 is 0 Å². The van der Waals surface area contributed by atoms with E-state index < -0.39 is 4.92 Å². The number of oxazole rings is 1. The van der Waals surface area contributed by atoms with Gasteiger partial charge in [0.25, 0.3) is 10.9 Å². The summed E-state index contributed by atoms with van der Waals surface area (Å²) in [6.07, 6.45) is 1.60. The number of nitro groups is 1. The standard InChI is InChI=1S/C16H10N4O4S2/c21-20(22)12-4-1-3-10(7-12)14-18-19-16(24-14)26-9-11-8-23-15(17-11)13-5-2-6-25-13/h1-8H,9H2. The maximum Gasteiger partial charge on any atom is 0.277 e. The average molecular weight is 386 g/mol. The van der Waals surface area contributed by atoms with Crippen molar-refractivity contribution in [1.29, 1.82) is 0 Å². The van der Waals surface area contributed by atoms with Crippen molar-refractivity contribution in [3.05, 3.63) is 63.8 Å². The van der Waals surface area contributed by atoms with Crippen LogP contribution in [0.1, 0.15) is 5.69 Å². The van der Waals surface area contributed by atoms with Gasteiger partial charge in [-0.2, -0.15) is 0 Å². The highest BCUT2D eigenvalue weighted by molar-refractivity contribution is 7.98. The Morgan fingerprint density at radius 2 is 2.12 bits per heavy atom. The minimum atomic E-state index is -0.467. The molecule has 130 valence electrons. The summed E-state index contributed by atoms with van der Waals surface area (Å²) in [4.78, 5) is 15.8. The fourth-order valence-corrected chi connectivity index (χ4v) is 3.46. The fraction of sp³-hybridized carbons (Fsp3) is 0.0625. The summed E-state index contributed by atoms with van der Waals surface area (Å²) in [7, 11) is 0. The van der Waals surface area contributed by atoms with Crippen LogP contribution in [0.3, 0.4) is 0 Å². The third-order valence-electron chi connectivity index (χ3n) is 3.34. The van der Waals surface area contributed by atoms with Gasteiger partial charge in [-0.25, -0.2) is 4.98 Å². The highest BCUT2D eigenvalue weighted by Crippen LogP contribution is 2.29. The maximum atomic E-state index is 10.9. The fourth-order valence-electron chi connectivity index (χ4n) is 2.16. The molecule has 8 nitrogen and oxygen atoms in total. The Hall–Kier alpha value is -2.98. The van der Waals surface area contributed by atoms with Gasteiger partial charge in [-0.3, -0.25) is 10.1 Å². The quantitative estimate of drug-likeness (QED) is 0.267. The van der Waals surface area contributed by atoms with Gasteiger partial charge in [0.05, 0.1) is 15.5 Å². The van der Waals surface area contributed by atoms with E-state index in [0.717, 1.165) is 10.6 Å². The topological polar surface area (TPSA) is 108 Å². The molecule has 0 aliphatic heterocycles. The third kappa shape index (κ3) is 3.51. The summed E-state index contributed by atoms with van der Waals surface area (Å²) in [5.41, 5.74) is 1.23. The van der Waals surface area contributed by atoms with Crippen LogP contribution < -0.4 is 0 Å². The average Bonchev–Trinajstić information content (AvgIpc) is 3.40. The molecule has 0 aliphatic carbocycles. The van der Waals surface area contributed by atoms with Crippen molar-refractivity contribution < 1.29 is 13.8 Å². The molecule has 0 fully saturated rings. The highest BCUT2D eigenvalue weighted by Gasteiger charge is 2.14. The zero-order chi connectivity index (χ0) is 17.9. The first-order valence-electron chi connectivity index (χ1n) is 7.38. The predicted molar refractivity (Wildman–Crippen MR) is 95.8 cm³/mol. The van der Waals surface area contributed by atoms with Gasteiger partial charge in [0.1, 0.15) is 6.26 Å². The minimum absolute atomic E-state index is 0.0291. The lowest BCUT2D eigenvalue weighted by atomic mass is 10.2. The van der Waals surface area contributed by atoms with Crippen LogP contribution in [0.25, 0.3) is 22.2 Å². The normalized spacial score (nSPS) is 10.9. The van der Waals surface area contributed by atoms with Crippen LogP contribution in [0.5, 0.6) is 0 Å². The molecule has 0 N–H and O–H groups in total. The second-order valence-corrected chi connectivity index (χ2v) is 6.96. The highest BCUT2D eigenvalue weighted by atomic mass is 32.2. The Morgan fingerprint density at radius 3 is 2.92 bits per heavy atom. The molecule has 0 amide bonds. The summed E-state index contributed by atoms with van der Waals surface area (Å²) in [5, 5.41) is 21.1. The van der Waals surface area contributed by atoms with Gasteiger partial charge in [0, 0.05) is 23.4 Å². The first-order chi connectivity index (χ1) is 12.7. The van der Waals surface area contributed by atoms with E-state index in [-0.39, 0.29) is 11.6 Å². The van der Waals surface area contributed by atoms with E-state index in [9.17, 15) is 10.1 Å². The van der Waals surface area contributed by atoms with Crippen molar-refractivity contribution in [2.75, 3.05) is 0 Å². The van der Waals surface area contributed by atoms with Crippen molar-refractivity contribution >= 4 is 28.8 Å². The van der Waals surface area contributed by atoms with E-state index in [4.69, 9.17) is 8.83 Å². The Labute approximate surface area is 155 Å². The lowest BCUT2D eigenvalue weighted by Gasteiger charge is -1.95. The van der Waals surface area contributed by atoms with Crippen LogP contribution in [-0.2, 0) is 5.75 Å². The molecular formula is C16H10N4O4S2. The van der Waals surface area contributed by atoms with Crippen molar-refractivity contribution in [3.8, 4) is 22.2 Å². The lowest BCUT2D eigenvalue weighted by molar-refractivity contribution is -0.384. The molecular weight excluding hydrogens is 376 g/mol. The van der Waals surface area contributed by atoms with Gasteiger partial charge >= 0.3 is 0 Å². The Balaban J connectivity index is 1.44. The van der Waals surface area contributed by atoms with Gasteiger partial charge in [0.2, 0.25) is 11.8 Å². The van der Waals surface area contributed by atoms with Gasteiger partial charge in [0.15, 0.2) is 0 Å². The monoisotopic (exact) mass is 386 g/mol. The molecule has 0 atom stereocenters. The second-order valence-electron chi connectivity index (χ2n) is 5.09. The second kappa shape index (κ2) is 7.10. The number of nitrogens with zero attached hydrogens (tertiary/aromatic N) is 4. The molecule has 4 rings (SSSR count). The first-order valence-corrected chi connectivity index (χ1v) is 9.25. The van der Waals surface area contributed by atoms with Crippen LogP contribution in [-0.4, -0.2) is 20.1 Å². The number of hydrogen-bond donors (Lipinski definition) is 0. The minimum Gasteiger partial charge on any atom is -0.444 e. The molecule has 26 heavy (non-hydrogen) atoms. The molecule has 0 radical (unpaired) electrons. The van der Waals surface area contributed by atoms with Crippen LogP contribution >= 0.6 is 23.1 Å². The first kappa shape index (κ1) is 16.5. The summed E-state index contributed by atoms with van der Waals surface area (Å²) >= 11 is 2.87. The lowest BCUT2D eigenvalue weighted by Crippen LogP contribution is -1.88. The van der Waals surface area contributed by atoms with Crippen molar-refractivity contribution in [1.82, 2.24) is 15.2 Å². The number of non-ortho nitro benzene ring substituents is 1. The number of benzene rings is 1. The van der Waals surface area contributed by atoms with Gasteiger partial charge in [-0.1, -0.05) is 23.9 Å². The molecule has 0 unspecified atom stereocenters.